The number of alkyl halides is 3. The molecule has 0 bridgehead atoms. The van der Waals surface area contributed by atoms with Crippen molar-refractivity contribution in [3.63, 3.8) is 0 Å². The Morgan fingerprint density at radius 2 is 1.83 bits per heavy atom. The smallest absolute Gasteiger partial charge is 0.389 e. The first-order valence-corrected chi connectivity index (χ1v) is 5.78. The summed E-state index contributed by atoms with van der Waals surface area (Å²) < 4.78 is 35.4. The molecule has 1 atom stereocenters. The van der Waals surface area contributed by atoms with Crippen LogP contribution in [0.1, 0.15) is 27.2 Å². The normalized spacial score (nSPS) is 15.6. The molecular formula is C11H21F3N2O2. The number of carbonyl (C=O) groups is 1. The average molecular weight is 270 g/mol. The predicted molar refractivity (Wildman–Crippen MR) is 62.0 cm³/mol. The van der Waals surface area contributed by atoms with E-state index in [0.29, 0.717) is 12.3 Å². The first-order valence-electron chi connectivity index (χ1n) is 5.78. The summed E-state index contributed by atoms with van der Waals surface area (Å²) in [5.74, 6) is -0.450. The molecule has 0 radical (unpaired) electrons. The van der Waals surface area contributed by atoms with Crippen LogP contribution in [0, 0.1) is 5.92 Å². The Labute approximate surface area is 105 Å². The van der Waals surface area contributed by atoms with Crippen LogP contribution in [-0.4, -0.2) is 42.4 Å². The Hall–Kier alpha value is -0.820. The van der Waals surface area contributed by atoms with Crippen molar-refractivity contribution in [2.45, 2.75) is 39.0 Å². The number of hydrogen-bond acceptors (Lipinski definition) is 3. The van der Waals surface area contributed by atoms with Crippen molar-refractivity contribution in [3.8, 4) is 0 Å². The Kier molecular flexibility index (Phi) is 6.62. The zero-order valence-electron chi connectivity index (χ0n) is 10.9. The fourth-order valence-corrected chi connectivity index (χ4v) is 1.66. The second-order valence-electron chi connectivity index (χ2n) is 5.09. The zero-order valence-corrected chi connectivity index (χ0v) is 10.9. The van der Waals surface area contributed by atoms with E-state index in [9.17, 15) is 23.1 Å². The summed E-state index contributed by atoms with van der Waals surface area (Å²) in [6.07, 6.45) is -3.86. The molecule has 0 aromatic rings. The summed E-state index contributed by atoms with van der Waals surface area (Å²) in [5.41, 5.74) is -0.974. The molecule has 1 amide bonds. The fourth-order valence-electron chi connectivity index (χ4n) is 1.66. The molecule has 0 rings (SSSR count). The third kappa shape index (κ3) is 10.3. The average Bonchev–Trinajstić information content (AvgIpc) is 2.11. The van der Waals surface area contributed by atoms with Gasteiger partial charge in [0.05, 0.1) is 12.1 Å². The van der Waals surface area contributed by atoms with E-state index < -0.39 is 24.2 Å². The molecule has 0 aliphatic heterocycles. The van der Waals surface area contributed by atoms with Gasteiger partial charge in [-0.1, -0.05) is 13.8 Å². The SMILES string of the molecule is CC(C)CC(C)(O)CNCC(=O)NCC(F)(F)F. The maximum Gasteiger partial charge on any atom is 0.405 e. The van der Waals surface area contributed by atoms with Gasteiger partial charge in [0.2, 0.25) is 5.91 Å². The van der Waals surface area contributed by atoms with Gasteiger partial charge in [-0.2, -0.15) is 13.2 Å². The Morgan fingerprint density at radius 3 is 2.28 bits per heavy atom. The molecule has 4 nitrogen and oxygen atoms in total. The minimum atomic E-state index is -4.40. The molecule has 0 saturated heterocycles. The van der Waals surface area contributed by atoms with Crippen LogP contribution in [0.5, 0.6) is 0 Å². The van der Waals surface area contributed by atoms with E-state index >= 15 is 0 Å². The van der Waals surface area contributed by atoms with Crippen LogP contribution in [0.2, 0.25) is 0 Å². The van der Waals surface area contributed by atoms with Crippen LogP contribution in [0.15, 0.2) is 0 Å². The van der Waals surface area contributed by atoms with Crippen molar-refractivity contribution in [2.24, 2.45) is 5.92 Å². The van der Waals surface area contributed by atoms with Crippen molar-refractivity contribution in [2.75, 3.05) is 19.6 Å². The minimum absolute atomic E-state index is 0.157. The van der Waals surface area contributed by atoms with Crippen molar-refractivity contribution in [3.05, 3.63) is 0 Å². The van der Waals surface area contributed by atoms with E-state index in [0.717, 1.165) is 0 Å². The van der Waals surface area contributed by atoms with Gasteiger partial charge in [-0.15, -0.1) is 0 Å². The van der Waals surface area contributed by atoms with Crippen LogP contribution in [0.25, 0.3) is 0 Å². The molecular weight excluding hydrogens is 249 g/mol. The van der Waals surface area contributed by atoms with Crippen molar-refractivity contribution in [1.82, 2.24) is 10.6 Å². The van der Waals surface area contributed by atoms with Gasteiger partial charge in [0.1, 0.15) is 6.54 Å². The molecule has 0 spiro atoms. The van der Waals surface area contributed by atoms with Gasteiger partial charge in [-0.05, 0) is 19.3 Å². The van der Waals surface area contributed by atoms with E-state index in [2.05, 4.69) is 5.32 Å². The zero-order chi connectivity index (χ0) is 14.4. The standard InChI is InChI=1S/C11H21F3N2O2/c1-8(2)4-10(3,18)6-15-5-9(17)16-7-11(12,13)14/h8,15,18H,4-7H2,1-3H3,(H,16,17). The van der Waals surface area contributed by atoms with E-state index in [1.807, 2.05) is 13.8 Å². The number of hydrogen-bond donors (Lipinski definition) is 3. The molecule has 0 aliphatic carbocycles. The van der Waals surface area contributed by atoms with Gasteiger partial charge in [0.25, 0.3) is 0 Å². The van der Waals surface area contributed by atoms with Gasteiger partial charge < -0.3 is 15.7 Å². The summed E-state index contributed by atoms with van der Waals surface area (Å²) in [7, 11) is 0. The Bertz CT molecular complexity index is 266. The number of halogens is 3. The molecule has 0 aromatic heterocycles. The Balaban J connectivity index is 3.80. The van der Waals surface area contributed by atoms with Crippen LogP contribution < -0.4 is 10.6 Å². The van der Waals surface area contributed by atoms with Crippen LogP contribution in [0.4, 0.5) is 13.2 Å². The Morgan fingerprint density at radius 1 is 1.28 bits per heavy atom. The van der Waals surface area contributed by atoms with E-state index in [4.69, 9.17) is 0 Å². The largest absolute Gasteiger partial charge is 0.405 e. The number of rotatable bonds is 7. The lowest BCUT2D eigenvalue weighted by atomic mass is 9.94. The molecule has 0 heterocycles. The molecule has 18 heavy (non-hydrogen) atoms. The highest BCUT2D eigenvalue weighted by Crippen LogP contribution is 2.15. The van der Waals surface area contributed by atoms with Crippen molar-refractivity contribution < 1.29 is 23.1 Å². The molecule has 3 N–H and O–H groups in total. The topological polar surface area (TPSA) is 61.4 Å². The highest BCUT2D eigenvalue weighted by molar-refractivity contribution is 5.78. The number of amides is 1. The number of aliphatic hydroxyl groups is 1. The minimum Gasteiger partial charge on any atom is -0.389 e. The van der Waals surface area contributed by atoms with Gasteiger partial charge in [0.15, 0.2) is 0 Å². The summed E-state index contributed by atoms with van der Waals surface area (Å²) in [4.78, 5) is 11.0. The maximum absolute atomic E-state index is 11.8. The maximum atomic E-state index is 11.8. The van der Waals surface area contributed by atoms with Gasteiger partial charge in [-0.25, -0.2) is 0 Å². The van der Waals surface area contributed by atoms with E-state index in [1.165, 1.54) is 0 Å². The van der Waals surface area contributed by atoms with Gasteiger partial charge in [-0.3, -0.25) is 4.79 Å². The highest BCUT2D eigenvalue weighted by Gasteiger charge is 2.27. The molecule has 7 heteroatoms. The van der Waals surface area contributed by atoms with Crippen LogP contribution in [0.3, 0.4) is 0 Å². The molecule has 108 valence electrons. The van der Waals surface area contributed by atoms with Crippen molar-refractivity contribution >= 4 is 5.91 Å². The van der Waals surface area contributed by atoms with Gasteiger partial charge >= 0.3 is 6.18 Å². The highest BCUT2D eigenvalue weighted by atomic mass is 19.4. The second-order valence-corrected chi connectivity index (χ2v) is 5.09. The third-order valence-electron chi connectivity index (χ3n) is 2.13. The molecule has 0 fully saturated rings. The van der Waals surface area contributed by atoms with E-state index in [-0.39, 0.29) is 13.1 Å². The lowest BCUT2D eigenvalue weighted by Gasteiger charge is -2.25. The summed E-state index contributed by atoms with van der Waals surface area (Å²) in [6, 6.07) is 0. The van der Waals surface area contributed by atoms with Gasteiger partial charge in [0, 0.05) is 6.54 Å². The second kappa shape index (κ2) is 6.94. The molecule has 0 aromatic carbocycles. The lowest BCUT2D eigenvalue weighted by molar-refractivity contribution is -0.138. The van der Waals surface area contributed by atoms with E-state index in [1.54, 1.807) is 12.2 Å². The van der Waals surface area contributed by atoms with Crippen molar-refractivity contribution in [1.29, 1.82) is 0 Å². The quantitative estimate of drug-likeness (QED) is 0.648. The van der Waals surface area contributed by atoms with Crippen LogP contribution >= 0.6 is 0 Å². The number of nitrogens with one attached hydrogen (secondary N) is 2. The third-order valence-corrected chi connectivity index (χ3v) is 2.13. The first-order chi connectivity index (χ1) is 8.02. The molecule has 0 aliphatic rings. The first kappa shape index (κ1) is 17.2. The summed E-state index contributed by atoms with van der Waals surface area (Å²) >= 11 is 0. The summed E-state index contributed by atoms with van der Waals surface area (Å²) in [5, 5.41) is 14.3. The number of carbonyl (C=O) groups excluding carboxylic acids is 1. The predicted octanol–water partition coefficient (Wildman–Crippen LogP) is 1.05. The molecule has 1 unspecified atom stereocenters. The summed E-state index contributed by atoms with van der Waals surface area (Å²) in [6.45, 7) is 4.09. The molecule has 0 saturated carbocycles. The monoisotopic (exact) mass is 270 g/mol. The fraction of sp³-hybridized carbons (Fsp3) is 0.909. The van der Waals surface area contributed by atoms with Crippen LogP contribution in [-0.2, 0) is 4.79 Å². The lowest BCUT2D eigenvalue weighted by Crippen LogP contribution is -2.44.